The maximum absolute atomic E-state index is 12.3. The number of methoxy groups -OCH3 is 1. The Hall–Kier alpha value is -3.27. The molecule has 5 aliphatic heterocycles. The quantitative estimate of drug-likeness (QED) is 0.107. The van der Waals surface area contributed by atoms with E-state index in [1.165, 1.54) is 92.7 Å². The van der Waals surface area contributed by atoms with Crippen LogP contribution in [0.1, 0.15) is 198 Å². The van der Waals surface area contributed by atoms with Gasteiger partial charge >= 0.3 is 11.9 Å². The van der Waals surface area contributed by atoms with E-state index in [0.717, 1.165) is 61.3 Å². The minimum absolute atomic E-state index is 0. The second-order valence-electron chi connectivity index (χ2n) is 25.6. The normalized spacial score (nSPS) is 18.4. The van der Waals surface area contributed by atoms with Gasteiger partial charge in [0.1, 0.15) is 6.10 Å². The zero-order chi connectivity index (χ0) is 57.4. The van der Waals surface area contributed by atoms with Crippen LogP contribution in [-0.2, 0) is 46.1 Å². The first kappa shape index (κ1) is 69.2. The number of fused-ring (bicyclic) bond motifs is 5. The fraction of sp³-hybridized carbons (Fsp3) is 0.507. The summed E-state index contributed by atoms with van der Waals surface area (Å²) < 4.78 is 11.1. The molecule has 11 rings (SSSR count). The van der Waals surface area contributed by atoms with Crippen LogP contribution in [0.25, 0.3) is 0 Å². The van der Waals surface area contributed by atoms with Crippen LogP contribution < -0.4 is 27.3 Å². The summed E-state index contributed by atoms with van der Waals surface area (Å²) in [6.07, 6.45) is 10.7. The maximum atomic E-state index is 12.3. The van der Waals surface area contributed by atoms with Crippen LogP contribution in [0.5, 0.6) is 0 Å². The summed E-state index contributed by atoms with van der Waals surface area (Å²) in [6.45, 7) is 29.5. The van der Waals surface area contributed by atoms with E-state index >= 15 is 0 Å². The zero-order valence-electron chi connectivity index (χ0n) is 50.1. The van der Waals surface area contributed by atoms with Gasteiger partial charge in [0.2, 0.25) is 0 Å². The standard InChI is InChI=1S/C19H26BO2.C12H16BO.C12H14BO.C10H11BBr.C10H12B.C3H6O2.CH4.Ar/c1-13(22-18(21)14-7-5-4-6-8-14)15-9-10-17-16(11-15)19(2,3)12-20-17;2*1-8(14)9-4-5-11-10(6-9)12(2,3)7-13-11;1-10(2)6-11-9-4-3-7(12)5-8(9)10;1-10(2)7-11-9-6-4-3-5-8(9)10;1-3(4)5-2;;/h9-11,13-14H,4-8,12H2,1-3H3;4-6,8,14H,7H2,1-3H3;4-6H,7H2,1-3H3;3-5H,6H2,1-2H3;3-6H,7H2,1-2H3;1-2H3;1H4;. The Morgan fingerprint density at radius 2 is 0.912 bits per heavy atom. The van der Waals surface area contributed by atoms with Crippen molar-refractivity contribution in [3.63, 3.8) is 0 Å². The van der Waals surface area contributed by atoms with Crippen LogP contribution in [0.3, 0.4) is 0 Å². The van der Waals surface area contributed by atoms with Crippen LogP contribution in [0, 0.1) is 43.7 Å². The predicted molar refractivity (Wildman–Crippen MR) is 342 cm³/mol. The number of hydrogen-bond donors (Lipinski definition) is 1. The van der Waals surface area contributed by atoms with Gasteiger partial charge in [0, 0.05) is 54.7 Å². The molecule has 0 bridgehead atoms. The Kier molecular flexibility index (Phi) is 25.5. The van der Waals surface area contributed by atoms with Gasteiger partial charge in [-0.25, -0.2) is 0 Å². The number of halogens is 1. The number of aliphatic hydroxyl groups is 1. The predicted octanol–water partition coefficient (Wildman–Crippen LogP) is 12.6. The van der Waals surface area contributed by atoms with Gasteiger partial charge in [-0.05, 0) is 118 Å². The number of rotatable bonds is 5. The van der Waals surface area contributed by atoms with Crippen LogP contribution in [0.4, 0.5) is 0 Å². The van der Waals surface area contributed by atoms with E-state index in [0.29, 0.717) is 10.8 Å². The Labute approximate surface area is 526 Å². The third kappa shape index (κ3) is 18.1. The van der Waals surface area contributed by atoms with Crippen LogP contribution in [-0.4, -0.2) is 66.3 Å². The van der Waals surface area contributed by atoms with Crippen molar-refractivity contribution in [2.24, 2.45) is 5.92 Å². The molecule has 5 aromatic carbocycles. The van der Waals surface area contributed by atoms with E-state index in [-0.39, 0.29) is 97.3 Å². The van der Waals surface area contributed by atoms with E-state index in [2.05, 4.69) is 205 Å². The monoisotopic (exact) mass is 1160 g/mol. The number of aliphatic hydroxyl groups excluding tert-OH is 1. The molecule has 5 radical (unpaired) electrons. The van der Waals surface area contributed by atoms with Gasteiger partial charge in [0.15, 0.2) is 42.2 Å². The van der Waals surface area contributed by atoms with Gasteiger partial charge in [-0.1, -0.05) is 250 Å². The number of benzene rings is 5. The number of carbonyl (C=O) groups excluding carboxylic acids is 3. The number of hydrogen-bond acceptors (Lipinski definition) is 6. The van der Waals surface area contributed by atoms with Crippen LogP contribution in [0.2, 0.25) is 31.6 Å². The van der Waals surface area contributed by atoms with Crippen LogP contribution >= 0.6 is 15.9 Å². The molecule has 5 aromatic rings. The molecule has 0 amide bonds. The molecule has 5 heterocycles. The first-order valence-electron chi connectivity index (χ1n) is 28.5. The number of ketones is 1. The number of ether oxygens (including phenoxy) is 2. The number of Topliss-reactive ketones (excluding diaryl/α,β-unsaturated/α-hetero) is 1. The molecule has 1 aliphatic carbocycles. The molecule has 1 saturated carbocycles. The Bertz CT molecular complexity index is 2910. The van der Waals surface area contributed by atoms with Crippen molar-refractivity contribution in [1.82, 2.24) is 0 Å². The maximum Gasteiger partial charge on any atom is 0.309 e. The average molecular weight is 1160 g/mol. The SMILES string of the molecule is C.CC(=O)c1ccc2c(c1)C(C)(C)C[B]2.CC(O)c1ccc2c(c1)C(C)(C)C[B]2.CC(OC(=O)C1CCCCC1)c1ccc2c(c1)C(C)(C)C[B]2.CC1(C)C[B]c2ccc(Br)cc21.CC1(C)C[B]c2ccccc21.COC(C)=O.[Ar]. The molecule has 6 aliphatic rings. The summed E-state index contributed by atoms with van der Waals surface area (Å²) in [5.74, 6) is 0.0226. The van der Waals surface area contributed by atoms with Gasteiger partial charge < -0.3 is 14.6 Å². The zero-order valence-corrected chi connectivity index (χ0v) is 52.4. The Balaban J connectivity index is 0.000000214. The van der Waals surface area contributed by atoms with Crippen molar-refractivity contribution in [3.05, 3.63) is 146 Å². The first-order valence-corrected chi connectivity index (χ1v) is 29.3. The summed E-state index contributed by atoms with van der Waals surface area (Å²) in [7, 11) is 12.8. The molecule has 6 nitrogen and oxygen atoms in total. The van der Waals surface area contributed by atoms with Gasteiger partial charge in [0.05, 0.1) is 19.1 Å². The largest absolute Gasteiger partial charge is 0.469 e. The van der Waals surface area contributed by atoms with Gasteiger partial charge in [-0.15, -0.1) is 0 Å². The average Bonchev–Trinajstić information content (AvgIpc) is 4.19. The molecule has 13 heteroatoms. The van der Waals surface area contributed by atoms with E-state index < -0.39 is 0 Å². The fourth-order valence-corrected chi connectivity index (χ4v) is 11.7. The summed E-state index contributed by atoms with van der Waals surface area (Å²) in [6, 6.07) is 34.0. The number of carbonyl (C=O) groups is 3. The number of esters is 2. The summed E-state index contributed by atoms with van der Waals surface area (Å²) in [5, 5.41) is 9.51. The van der Waals surface area contributed by atoms with E-state index in [1.54, 1.807) is 6.92 Å². The molecule has 0 spiro atoms. The van der Waals surface area contributed by atoms with E-state index in [9.17, 15) is 19.5 Å². The summed E-state index contributed by atoms with van der Waals surface area (Å²) in [4.78, 5) is 33.2. The molecule has 423 valence electrons. The molecule has 2 atom stereocenters. The third-order valence-corrected chi connectivity index (χ3v) is 17.4. The second-order valence-corrected chi connectivity index (χ2v) is 26.5. The van der Waals surface area contributed by atoms with Crippen molar-refractivity contribution in [2.75, 3.05) is 7.11 Å². The van der Waals surface area contributed by atoms with Crippen molar-refractivity contribution >= 4 is 97.4 Å². The molecule has 0 saturated heterocycles. The minimum Gasteiger partial charge on any atom is -0.469 e. The van der Waals surface area contributed by atoms with Crippen molar-refractivity contribution < 1.29 is 66.7 Å². The molecular weight excluding hydrogens is 1070 g/mol. The summed E-state index contributed by atoms with van der Waals surface area (Å²) >= 11 is 3.50. The van der Waals surface area contributed by atoms with Gasteiger partial charge in [-0.3, -0.25) is 14.4 Å². The van der Waals surface area contributed by atoms with Crippen molar-refractivity contribution in [1.29, 1.82) is 0 Å². The molecular formula is C67H89ArB5BrO6. The van der Waals surface area contributed by atoms with Crippen molar-refractivity contribution in [2.45, 2.75) is 207 Å². The fourth-order valence-electron chi connectivity index (χ4n) is 11.4. The smallest absolute Gasteiger partial charge is 0.309 e. The Morgan fingerprint density at radius 3 is 1.35 bits per heavy atom. The topological polar surface area (TPSA) is 89.9 Å². The van der Waals surface area contributed by atoms with Crippen LogP contribution in [0.15, 0.2) is 102 Å². The second kappa shape index (κ2) is 29.5. The van der Waals surface area contributed by atoms with E-state index in [4.69, 9.17) is 4.74 Å². The molecule has 80 heavy (non-hydrogen) atoms. The third-order valence-electron chi connectivity index (χ3n) is 16.9. The Morgan fingerprint density at radius 1 is 0.537 bits per heavy atom. The molecule has 1 N–H and O–H groups in total. The molecule has 2 unspecified atom stereocenters. The van der Waals surface area contributed by atoms with Gasteiger partial charge in [-0.2, -0.15) is 0 Å². The molecule has 1 fully saturated rings. The minimum atomic E-state index is -0.364. The van der Waals surface area contributed by atoms with Gasteiger partial charge in [0.25, 0.3) is 0 Å². The van der Waals surface area contributed by atoms with E-state index in [1.807, 2.05) is 32.0 Å². The first-order chi connectivity index (χ1) is 36.5. The summed E-state index contributed by atoms with van der Waals surface area (Å²) in [5.41, 5.74) is 18.1. The van der Waals surface area contributed by atoms with Crippen molar-refractivity contribution in [3.8, 4) is 0 Å². The molecule has 0 aromatic heterocycles.